The Labute approximate surface area is 248 Å². The Kier molecular flexibility index (Phi) is 8.18. The van der Waals surface area contributed by atoms with Crippen molar-refractivity contribution < 1.29 is 33.3 Å². The number of methoxy groups -OCH3 is 1. The maximum Gasteiger partial charge on any atom is 0.231 e. The van der Waals surface area contributed by atoms with Gasteiger partial charge in [0.25, 0.3) is 0 Å². The largest absolute Gasteiger partial charge is 0.489 e. The Balaban J connectivity index is 1.46. The fourth-order valence-corrected chi connectivity index (χ4v) is 5.00. The number of Topliss-reactive ketones (excluding diaryl/α,β-unsaturated/α-hetero) is 1. The third-order valence-corrected chi connectivity index (χ3v) is 7.99. The van der Waals surface area contributed by atoms with Gasteiger partial charge in [-0.3, -0.25) is 14.6 Å². The van der Waals surface area contributed by atoms with Gasteiger partial charge in [-0.05, 0) is 75.7 Å². The number of nitrogens with two attached hydrogens (primary N) is 1. The van der Waals surface area contributed by atoms with E-state index in [2.05, 4.69) is 4.98 Å². The molecule has 2 aromatic carbocycles. The Hall–Kier alpha value is -4.41. The minimum atomic E-state index is -1.58. The van der Waals surface area contributed by atoms with Crippen molar-refractivity contribution in [1.29, 1.82) is 0 Å². The highest BCUT2D eigenvalue weighted by Gasteiger charge is 2.45. The van der Waals surface area contributed by atoms with Crippen LogP contribution in [0.4, 0.5) is 4.39 Å². The van der Waals surface area contributed by atoms with Crippen molar-refractivity contribution in [3.05, 3.63) is 83.4 Å². The lowest BCUT2D eigenvalue weighted by atomic mass is 9.81. The van der Waals surface area contributed by atoms with Gasteiger partial charge in [-0.2, -0.15) is 0 Å². The maximum absolute atomic E-state index is 13.7. The number of primary amides is 1. The molecule has 4 aromatic rings. The third kappa shape index (κ3) is 5.93. The van der Waals surface area contributed by atoms with Gasteiger partial charge >= 0.3 is 0 Å². The molecule has 0 unspecified atom stereocenters. The van der Waals surface area contributed by atoms with Gasteiger partial charge in [-0.1, -0.05) is 6.07 Å². The predicted octanol–water partition coefficient (Wildman–Crippen LogP) is 4.86. The number of nitrogens with zero attached hydrogens (tertiary/aromatic N) is 2. The molecule has 0 bridgehead atoms. The summed E-state index contributed by atoms with van der Waals surface area (Å²) in [4.78, 5) is 35.0. The van der Waals surface area contributed by atoms with Gasteiger partial charge in [0.2, 0.25) is 5.91 Å². The van der Waals surface area contributed by atoms with Crippen molar-refractivity contribution in [3.63, 3.8) is 0 Å². The number of rotatable bonds is 11. The summed E-state index contributed by atoms with van der Waals surface area (Å²) < 4.78 is 30.8. The third-order valence-electron chi connectivity index (χ3n) is 7.99. The smallest absolute Gasteiger partial charge is 0.231 e. The molecule has 1 amide bonds. The average molecular weight is 588 g/mol. The molecule has 0 aliphatic carbocycles. The van der Waals surface area contributed by atoms with Crippen LogP contribution in [0, 0.1) is 5.82 Å². The SMILES string of the molecule is CO[C@@H](C)COc1cc(C(=O)CC[C@](C)(O)c2cc3c(c(-c4ccc(F)cc4)n2)OC[C@]3(C)C(N)=O)cc2cccnc12. The van der Waals surface area contributed by atoms with Crippen LogP contribution >= 0.6 is 0 Å². The number of pyridine rings is 2. The van der Waals surface area contributed by atoms with E-state index in [4.69, 9.17) is 24.9 Å². The first-order chi connectivity index (χ1) is 20.4. The molecule has 0 fully saturated rings. The first-order valence-corrected chi connectivity index (χ1v) is 14.0. The molecule has 2 aromatic heterocycles. The second-order valence-electron chi connectivity index (χ2n) is 11.3. The highest BCUT2D eigenvalue weighted by molar-refractivity contribution is 6.01. The number of hydrogen-bond donors (Lipinski definition) is 2. The van der Waals surface area contributed by atoms with Crippen molar-refractivity contribution in [2.45, 2.75) is 50.7 Å². The zero-order chi connectivity index (χ0) is 30.9. The van der Waals surface area contributed by atoms with Crippen LogP contribution in [-0.2, 0) is 20.5 Å². The standard InChI is InChI=1S/C33H34FN3O6/c1-19(41-4)17-42-26-15-22(14-21-6-5-13-36-28(21)26)25(38)11-12-33(3,40)27-16-24-30(43-18-32(24,2)31(35)39)29(37-27)20-7-9-23(34)10-8-20/h5-10,13-16,19,40H,11-12,17-18H2,1-4H3,(H2,35,39)/t19-,32-,33-/m0/s1. The summed E-state index contributed by atoms with van der Waals surface area (Å²) in [5.74, 6) is -0.403. The van der Waals surface area contributed by atoms with Crippen LogP contribution in [0.2, 0.25) is 0 Å². The van der Waals surface area contributed by atoms with E-state index in [9.17, 15) is 19.1 Å². The van der Waals surface area contributed by atoms with Crippen molar-refractivity contribution in [2.24, 2.45) is 5.73 Å². The van der Waals surface area contributed by atoms with E-state index in [1.54, 1.807) is 63.6 Å². The number of halogens is 1. The van der Waals surface area contributed by atoms with Crippen LogP contribution in [-0.4, -0.2) is 53.2 Å². The number of aliphatic hydroxyl groups is 1. The predicted molar refractivity (Wildman–Crippen MR) is 159 cm³/mol. The lowest BCUT2D eigenvalue weighted by molar-refractivity contribution is -0.123. The van der Waals surface area contributed by atoms with E-state index in [-0.39, 0.29) is 43.6 Å². The number of carbonyl (C=O) groups excluding carboxylic acids is 2. The van der Waals surface area contributed by atoms with Crippen LogP contribution in [0.1, 0.15) is 55.2 Å². The molecule has 3 atom stereocenters. The van der Waals surface area contributed by atoms with Gasteiger partial charge in [0.15, 0.2) is 5.78 Å². The molecule has 0 radical (unpaired) electrons. The number of fused-ring (bicyclic) bond motifs is 2. The fraction of sp³-hybridized carbons (Fsp3) is 0.333. The molecule has 0 saturated heterocycles. The summed E-state index contributed by atoms with van der Waals surface area (Å²) >= 11 is 0. The summed E-state index contributed by atoms with van der Waals surface area (Å²) in [5, 5.41) is 12.4. The molecule has 0 saturated carbocycles. The van der Waals surface area contributed by atoms with Gasteiger partial charge in [-0.25, -0.2) is 9.37 Å². The molecular weight excluding hydrogens is 553 g/mol. The maximum atomic E-state index is 13.7. The van der Waals surface area contributed by atoms with Gasteiger partial charge in [0.05, 0.1) is 11.8 Å². The second kappa shape index (κ2) is 11.7. The Morgan fingerprint density at radius 1 is 1.21 bits per heavy atom. The molecule has 10 heteroatoms. The lowest BCUT2D eigenvalue weighted by Crippen LogP contribution is -2.40. The Bertz CT molecular complexity index is 1690. The summed E-state index contributed by atoms with van der Waals surface area (Å²) in [6.45, 7) is 5.38. The summed E-state index contributed by atoms with van der Waals surface area (Å²) in [6, 6.07) is 14.3. The number of ketones is 1. The molecule has 9 nitrogen and oxygen atoms in total. The zero-order valence-corrected chi connectivity index (χ0v) is 24.5. The van der Waals surface area contributed by atoms with E-state index in [0.717, 1.165) is 5.39 Å². The molecule has 224 valence electrons. The number of aromatic nitrogens is 2. The molecule has 43 heavy (non-hydrogen) atoms. The second-order valence-corrected chi connectivity index (χ2v) is 11.3. The zero-order valence-electron chi connectivity index (χ0n) is 24.5. The van der Waals surface area contributed by atoms with Gasteiger partial charge < -0.3 is 25.1 Å². The average Bonchev–Trinajstić information content (AvgIpc) is 3.36. The molecule has 1 aliphatic heterocycles. The Morgan fingerprint density at radius 3 is 2.65 bits per heavy atom. The quantitative estimate of drug-likeness (QED) is 0.238. The first kappa shape index (κ1) is 30.1. The van der Waals surface area contributed by atoms with Gasteiger partial charge in [0, 0.05) is 41.8 Å². The highest BCUT2D eigenvalue weighted by atomic mass is 19.1. The monoisotopic (exact) mass is 587 g/mol. The molecule has 0 spiro atoms. The van der Waals surface area contributed by atoms with Gasteiger partial charge in [0.1, 0.15) is 52.8 Å². The number of carbonyl (C=O) groups is 2. The highest BCUT2D eigenvalue weighted by Crippen LogP contribution is 2.46. The van der Waals surface area contributed by atoms with Crippen LogP contribution in [0.3, 0.4) is 0 Å². The summed E-state index contributed by atoms with van der Waals surface area (Å²) in [5.41, 5.74) is 5.66. The van der Waals surface area contributed by atoms with Crippen molar-refractivity contribution in [3.8, 4) is 22.8 Å². The molecule has 5 rings (SSSR count). The van der Waals surface area contributed by atoms with E-state index >= 15 is 0 Å². The van der Waals surface area contributed by atoms with Crippen LogP contribution < -0.4 is 15.2 Å². The number of amides is 1. The van der Waals surface area contributed by atoms with Crippen LogP contribution in [0.5, 0.6) is 11.5 Å². The lowest BCUT2D eigenvalue weighted by Gasteiger charge is -2.26. The minimum absolute atomic E-state index is 0.00199. The number of ether oxygens (including phenoxy) is 3. The van der Waals surface area contributed by atoms with Gasteiger partial charge in [-0.15, -0.1) is 0 Å². The molecule has 1 aliphatic rings. The summed E-state index contributed by atoms with van der Waals surface area (Å²) in [6.07, 6.45) is 1.51. The van der Waals surface area contributed by atoms with E-state index in [1.165, 1.54) is 12.1 Å². The normalized spacial score (nSPS) is 18.0. The van der Waals surface area contributed by atoms with Crippen LogP contribution in [0.15, 0.2) is 60.8 Å². The first-order valence-electron chi connectivity index (χ1n) is 14.0. The fourth-order valence-electron chi connectivity index (χ4n) is 5.00. The molecule has 3 heterocycles. The van der Waals surface area contributed by atoms with Crippen molar-refractivity contribution in [2.75, 3.05) is 20.3 Å². The van der Waals surface area contributed by atoms with E-state index in [0.29, 0.717) is 39.4 Å². The van der Waals surface area contributed by atoms with E-state index < -0.39 is 22.7 Å². The minimum Gasteiger partial charge on any atom is -0.489 e. The number of benzene rings is 2. The molecule has 3 N–H and O–H groups in total. The molecular formula is C33H34FN3O6. The van der Waals surface area contributed by atoms with Crippen LogP contribution in [0.25, 0.3) is 22.2 Å². The topological polar surface area (TPSA) is 134 Å². The van der Waals surface area contributed by atoms with E-state index in [1.807, 2.05) is 13.0 Å². The number of hydrogen-bond acceptors (Lipinski definition) is 8. The van der Waals surface area contributed by atoms with Crippen molar-refractivity contribution in [1.82, 2.24) is 9.97 Å². The Morgan fingerprint density at radius 2 is 1.95 bits per heavy atom. The van der Waals surface area contributed by atoms with Crippen molar-refractivity contribution >= 4 is 22.6 Å². The summed E-state index contributed by atoms with van der Waals surface area (Å²) in [7, 11) is 1.59.